The van der Waals surface area contributed by atoms with Crippen LogP contribution in [0.2, 0.25) is 10.0 Å². The summed E-state index contributed by atoms with van der Waals surface area (Å²) in [5.74, 6) is -1.44. The van der Waals surface area contributed by atoms with E-state index in [1.807, 2.05) is 0 Å². The minimum atomic E-state index is -1.59. The Morgan fingerprint density at radius 1 is 0.800 bits per heavy atom. The molecule has 2 heterocycles. The summed E-state index contributed by atoms with van der Waals surface area (Å²) in [6.07, 6.45) is 0. The molecule has 0 saturated carbocycles. The van der Waals surface area contributed by atoms with Crippen LogP contribution in [0, 0.1) is 0 Å². The minimum absolute atomic E-state index is 0.0343. The summed E-state index contributed by atoms with van der Waals surface area (Å²) < 4.78 is 22.5. The van der Waals surface area contributed by atoms with Gasteiger partial charge in [0.05, 0.1) is 27.0 Å². The molecular formula is C24H16Cl2N2O7. The van der Waals surface area contributed by atoms with Crippen molar-refractivity contribution in [1.82, 2.24) is 0 Å². The van der Waals surface area contributed by atoms with Gasteiger partial charge in [0.15, 0.2) is 17.1 Å². The third-order valence-corrected chi connectivity index (χ3v) is 6.21. The highest BCUT2D eigenvalue weighted by molar-refractivity contribution is 6.32. The van der Waals surface area contributed by atoms with E-state index in [2.05, 4.69) is 0 Å². The van der Waals surface area contributed by atoms with Gasteiger partial charge in [0.25, 0.3) is 0 Å². The minimum Gasteiger partial charge on any atom is -0.456 e. The molecule has 2 aliphatic rings. The predicted octanol–water partition coefficient (Wildman–Crippen LogP) is 4.58. The number of carbonyl (C=O) groups excluding carboxylic acids is 3. The first kappa shape index (κ1) is 22.8. The van der Waals surface area contributed by atoms with E-state index in [1.54, 1.807) is 0 Å². The molecule has 0 atom stereocenters. The van der Waals surface area contributed by atoms with Crippen molar-refractivity contribution in [2.45, 2.75) is 19.4 Å². The maximum absolute atomic E-state index is 13.1. The van der Waals surface area contributed by atoms with Gasteiger partial charge in [-0.3, -0.25) is 9.59 Å². The first-order valence-corrected chi connectivity index (χ1v) is 10.9. The Morgan fingerprint density at radius 2 is 1.29 bits per heavy atom. The fourth-order valence-corrected chi connectivity index (χ4v) is 4.67. The molecule has 3 aromatic carbocycles. The molecule has 11 heteroatoms. The van der Waals surface area contributed by atoms with Gasteiger partial charge >= 0.3 is 17.9 Å². The fourth-order valence-electron chi connectivity index (χ4n) is 4.26. The summed E-state index contributed by atoms with van der Waals surface area (Å²) in [5.41, 5.74) is 12.1. The summed E-state index contributed by atoms with van der Waals surface area (Å²) in [5, 5.41) is 0.141. The smallest absolute Gasteiger partial charge is 0.340 e. The van der Waals surface area contributed by atoms with Gasteiger partial charge in [0, 0.05) is 42.7 Å². The highest BCUT2D eigenvalue weighted by Gasteiger charge is 2.54. The quantitative estimate of drug-likeness (QED) is 0.285. The summed E-state index contributed by atoms with van der Waals surface area (Å²) in [6, 6.07) is 8.71. The van der Waals surface area contributed by atoms with Crippen molar-refractivity contribution in [2.24, 2.45) is 0 Å². The molecule has 0 unspecified atom stereocenters. The van der Waals surface area contributed by atoms with Crippen molar-refractivity contribution >= 4 is 52.5 Å². The van der Waals surface area contributed by atoms with Gasteiger partial charge in [-0.25, -0.2) is 4.79 Å². The van der Waals surface area contributed by atoms with E-state index in [9.17, 15) is 14.4 Å². The second kappa shape index (κ2) is 7.79. The molecule has 35 heavy (non-hydrogen) atoms. The van der Waals surface area contributed by atoms with Crippen LogP contribution in [-0.2, 0) is 19.9 Å². The average Bonchev–Trinajstić information content (AvgIpc) is 3.03. The largest absolute Gasteiger partial charge is 0.456 e. The van der Waals surface area contributed by atoms with Crippen molar-refractivity contribution in [1.29, 1.82) is 0 Å². The molecule has 5 rings (SSSR count). The van der Waals surface area contributed by atoms with Crippen LogP contribution in [0.15, 0.2) is 36.4 Å². The number of hydrogen-bond donors (Lipinski definition) is 2. The molecule has 0 fully saturated rings. The maximum Gasteiger partial charge on any atom is 0.340 e. The number of esters is 3. The molecule has 0 aromatic heterocycles. The Balaban J connectivity index is 1.85. The fraction of sp³-hybridized carbons (Fsp3) is 0.125. The highest BCUT2D eigenvalue weighted by Crippen LogP contribution is 2.59. The van der Waals surface area contributed by atoms with Gasteiger partial charge < -0.3 is 30.4 Å². The summed E-state index contributed by atoms with van der Waals surface area (Å²) in [6.45, 7) is 2.45. The van der Waals surface area contributed by atoms with E-state index in [-0.39, 0.29) is 50.0 Å². The van der Waals surface area contributed by atoms with Crippen LogP contribution in [0.5, 0.6) is 23.0 Å². The molecule has 0 aliphatic carbocycles. The third kappa shape index (κ3) is 3.43. The van der Waals surface area contributed by atoms with Crippen molar-refractivity contribution in [3.8, 4) is 23.0 Å². The number of nitrogen functional groups attached to an aromatic ring is 2. The number of halogens is 2. The molecule has 4 N–H and O–H groups in total. The topological polar surface area (TPSA) is 140 Å². The Hall–Kier alpha value is -3.95. The third-order valence-electron chi connectivity index (χ3n) is 5.62. The van der Waals surface area contributed by atoms with E-state index in [0.29, 0.717) is 16.7 Å². The SMILES string of the molecule is CC(=O)Oc1cc2c(cc1Cl)C1(OC(=O)c3cc(N)c(N)cc31)c1cc(Cl)c(OC(C)=O)cc1O2. The molecule has 0 bridgehead atoms. The summed E-state index contributed by atoms with van der Waals surface area (Å²) >= 11 is 12.9. The Kier molecular flexibility index (Phi) is 5.08. The second-order valence-corrected chi connectivity index (χ2v) is 8.76. The number of anilines is 2. The number of hydrogen-bond acceptors (Lipinski definition) is 9. The number of fused-ring (bicyclic) bond motifs is 6. The normalized spacial score (nSPS) is 14.3. The van der Waals surface area contributed by atoms with Gasteiger partial charge in [0.2, 0.25) is 0 Å². The number of carbonyl (C=O) groups is 3. The number of nitrogens with two attached hydrogens (primary N) is 2. The zero-order valence-corrected chi connectivity index (χ0v) is 19.7. The zero-order valence-electron chi connectivity index (χ0n) is 18.2. The standard InChI is InChI=1S/C24H16Cl2N2O7/c1-9(29)32-21-7-19-13(4-15(21)25)24(12-6-18(28)17(27)3-11(12)23(31)35-24)14-5-16(26)22(33-10(2)30)8-20(14)34-19/h3-8H,27-28H2,1-2H3. The van der Waals surface area contributed by atoms with Gasteiger partial charge in [-0.1, -0.05) is 23.2 Å². The monoisotopic (exact) mass is 514 g/mol. The van der Waals surface area contributed by atoms with E-state index >= 15 is 0 Å². The molecule has 2 aliphatic heterocycles. The van der Waals surface area contributed by atoms with E-state index in [1.165, 1.54) is 50.2 Å². The Labute approximate surface area is 208 Å². The van der Waals surface area contributed by atoms with Gasteiger partial charge in [-0.2, -0.15) is 0 Å². The molecule has 3 aromatic rings. The lowest BCUT2D eigenvalue weighted by Gasteiger charge is -2.37. The highest BCUT2D eigenvalue weighted by atomic mass is 35.5. The van der Waals surface area contributed by atoms with Crippen LogP contribution in [0.3, 0.4) is 0 Å². The van der Waals surface area contributed by atoms with Crippen LogP contribution in [0.25, 0.3) is 0 Å². The van der Waals surface area contributed by atoms with E-state index < -0.39 is 23.5 Å². The second-order valence-electron chi connectivity index (χ2n) is 7.94. The van der Waals surface area contributed by atoms with Crippen molar-refractivity contribution < 1.29 is 33.3 Å². The average molecular weight is 515 g/mol. The summed E-state index contributed by atoms with van der Waals surface area (Å²) in [4.78, 5) is 36.2. The zero-order chi connectivity index (χ0) is 25.2. The molecule has 178 valence electrons. The number of rotatable bonds is 2. The molecule has 0 amide bonds. The van der Waals surface area contributed by atoms with Gasteiger partial charge in [0.1, 0.15) is 11.5 Å². The van der Waals surface area contributed by atoms with Crippen LogP contribution < -0.4 is 25.7 Å². The Morgan fingerprint density at radius 3 is 1.77 bits per heavy atom. The van der Waals surface area contributed by atoms with E-state index in [0.717, 1.165) is 0 Å². The maximum atomic E-state index is 13.1. The number of ether oxygens (including phenoxy) is 4. The summed E-state index contributed by atoms with van der Waals surface area (Å²) in [7, 11) is 0. The lowest BCUT2D eigenvalue weighted by molar-refractivity contribution is -0.132. The molecule has 9 nitrogen and oxygen atoms in total. The van der Waals surface area contributed by atoms with Gasteiger partial charge in [-0.05, 0) is 24.3 Å². The van der Waals surface area contributed by atoms with Crippen molar-refractivity contribution in [3.05, 3.63) is 68.7 Å². The van der Waals surface area contributed by atoms with Crippen LogP contribution in [0.1, 0.15) is 40.9 Å². The van der Waals surface area contributed by atoms with Crippen LogP contribution in [0.4, 0.5) is 11.4 Å². The van der Waals surface area contributed by atoms with E-state index in [4.69, 9.17) is 53.6 Å². The first-order valence-electron chi connectivity index (χ1n) is 10.2. The molecule has 1 spiro atoms. The van der Waals surface area contributed by atoms with Crippen molar-refractivity contribution in [2.75, 3.05) is 11.5 Å². The van der Waals surface area contributed by atoms with Crippen molar-refractivity contribution in [3.63, 3.8) is 0 Å². The van der Waals surface area contributed by atoms with Gasteiger partial charge in [-0.15, -0.1) is 0 Å². The first-order chi connectivity index (χ1) is 16.5. The molecule has 0 radical (unpaired) electrons. The lowest BCUT2D eigenvalue weighted by Crippen LogP contribution is -2.33. The number of benzene rings is 3. The Bertz CT molecular complexity index is 1410. The predicted molar refractivity (Wildman–Crippen MR) is 126 cm³/mol. The van der Waals surface area contributed by atoms with Crippen LogP contribution >= 0.6 is 23.2 Å². The lowest BCUT2D eigenvalue weighted by atomic mass is 9.77. The van der Waals surface area contributed by atoms with Crippen LogP contribution in [-0.4, -0.2) is 17.9 Å². The molecular weight excluding hydrogens is 499 g/mol. The molecule has 0 saturated heterocycles.